The van der Waals surface area contributed by atoms with Gasteiger partial charge in [0, 0.05) is 14.1 Å². The fourth-order valence-electron chi connectivity index (χ4n) is 1.11. The van der Waals surface area contributed by atoms with Crippen LogP contribution in [0.3, 0.4) is 0 Å². The second-order valence-corrected chi connectivity index (χ2v) is 3.86. The Morgan fingerprint density at radius 2 is 2.33 bits per heavy atom. The molecule has 1 unspecified atom stereocenters. The minimum atomic E-state index is -0.262. The molecule has 1 aromatic rings. The molecule has 0 saturated heterocycles. The molecule has 0 bridgehead atoms. The molecule has 5 nitrogen and oxygen atoms in total. The highest BCUT2D eigenvalue weighted by Crippen LogP contribution is 2.05. The Kier molecular flexibility index (Phi) is 3.41. The van der Waals surface area contributed by atoms with E-state index in [1.54, 1.807) is 31.9 Å². The van der Waals surface area contributed by atoms with E-state index < -0.39 is 0 Å². The molecule has 6 heteroatoms. The van der Waals surface area contributed by atoms with Crippen molar-refractivity contribution in [3.05, 3.63) is 18.2 Å². The number of hydrogen-bond donors (Lipinski definition) is 1. The summed E-state index contributed by atoms with van der Waals surface area (Å²) in [6, 6.07) is -0.262. The number of carbonyl (C=O) groups is 1. The summed E-state index contributed by atoms with van der Waals surface area (Å²) in [5.41, 5.74) is 6.00. The zero-order chi connectivity index (χ0) is 11.6. The van der Waals surface area contributed by atoms with Gasteiger partial charge in [0.2, 0.25) is 0 Å². The van der Waals surface area contributed by atoms with Gasteiger partial charge in [-0.25, -0.2) is 4.98 Å². The molecule has 1 rings (SSSR count). The number of nitrogens with zero attached hydrogens (tertiary/aromatic N) is 3. The molecule has 0 aliphatic heterocycles. The molecular weight excluding hydrogens is 212 g/mol. The lowest BCUT2D eigenvalue weighted by molar-refractivity contribution is 0.0769. The maximum Gasteiger partial charge on any atom is 0.272 e. The Labute approximate surface area is 93.9 Å². The van der Waals surface area contributed by atoms with E-state index in [-0.39, 0.29) is 11.9 Å². The summed E-state index contributed by atoms with van der Waals surface area (Å²) >= 11 is 4.84. The van der Waals surface area contributed by atoms with E-state index in [9.17, 15) is 4.79 Å². The van der Waals surface area contributed by atoms with Crippen LogP contribution in [0.25, 0.3) is 0 Å². The van der Waals surface area contributed by atoms with E-state index in [0.717, 1.165) is 0 Å². The van der Waals surface area contributed by atoms with Crippen LogP contribution in [0.4, 0.5) is 0 Å². The minimum absolute atomic E-state index is 0.143. The third-order valence-corrected chi connectivity index (χ3v) is 2.69. The molecule has 82 valence electrons. The largest absolute Gasteiger partial charge is 0.392 e. The number of amides is 1. The first-order valence-electron chi connectivity index (χ1n) is 4.48. The molecule has 1 heterocycles. The van der Waals surface area contributed by atoms with Crippen LogP contribution < -0.4 is 5.73 Å². The molecule has 15 heavy (non-hydrogen) atoms. The summed E-state index contributed by atoms with van der Waals surface area (Å²) in [5, 5.41) is 0. The number of carbonyl (C=O) groups excluding carboxylic acids is 1. The maximum absolute atomic E-state index is 11.9. The van der Waals surface area contributed by atoms with E-state index in [0.29, 0.717) is 10.7 Å². The molecule has 0 aromatic carbocycles. The average molecular weight is 226 g/mol. The normalized spacial score (nSPS) is 12.2. The van der Waals surface area contributed by atoms with E-state index in [4.69, 9.17) is 18.0 Å². The molecule has 2 N–H and O–H groups in total. The topological polar surface area (TPSA) is 64.2 Å². The SMILES string of the molecule is CC(C(N)=S)N(C)C(=O)c1cncn1C. The van der Waals surface area contributed by atoms with Crippen molar-refractivity contribution in [1.29, 1.82) is 0 Å². The van der Waals surface area contributed by atoms with E-state index in [2.05, 4.69) is 4.98 Å². The van der Waals surface area contributed by atoms with Crippen LogP contribution in [0.2, 0.25) is 0 Å². The third kappa shape index (κ3) is 2.33. The van der Waals surface area contributed by atoms with Gasteiger partial charge in [-0.15, -0.1) is 0 Å². The highest BCUT2D eigenvalue weighted by atomic mass is 32.1. The second kappa shape index (κ2) is 4.39. The van der Waals surface area contributed by atoms with Crippen LogP contribution in [0.1, 0.15) is 17.4 Å². The molecule has 0 aliphatic carbocycles. The fraction of sp³-hybridized carbons (Fsp3) is 0.444. The van der Waals surface area contributed by atoms with Gasteiger partial charge in [-0.2, -0.15) is 0 Å². The van der Waals surface area contributed by atoms with Gasteiger partial charge in [-0.05, 0) is 6.92 Å². The van der Waals surface area contributed by atoms with Crippen molar-refractivity contribution < 1.29 is 4.79 Å². The van der Waals surface area contributed by atoms with Gasteiger partial charge in [0.25, 0.3) is 5.91 Å². The van der Waals surface area contributed by atoms with Crippen molar-refractivity contribution >= 4 is 23.1 Å². The number of hydrogen-bond acceptors (Lipinski definition) is 3. The Balaban J connectivity index is 2.86. The summed E-state index contributed by atoms with van der Waals surface area (Å²) in [7, 11) is 3.43. The van der Waals surface area contributed by atoms with Gasteiger partial charge in [0.05, 0.1) is 23.6 Å². The van der Waals surface area contributed by atoms with Crippen molar-refractivity contribution in [3.8, 4) is 0 Å². The number of imidazole rings is 1. The van der Waals surface area contributed by atoms with Crippen molar-refractivity contribution in [2.45, 2.75) is 13.0 Å². The van der Waals surface area contributed by atoms with Crippen molar-refractivity contribution in [2.75, 3.05) is 7.05 Å². The van der Waals surface area contributed by atoms with Crippen LogP contribution in [0.15, 0.2) is 12.5 Å². The number of rotatable bonds is 3. The van der Waals surface area contributed by atoms with Gasteiger partial charge in [-0.1, -0.05) is 12.2 Å². The van der Waals surface area contributed by atoms with Gasteiger partial charge < -0.3 is 15.2 Å². The molecular formula is C9H14N4OS. The number of aryl methyl sites for hydroxylation is 1. The summed E-state index contributed by atoms with van der Waals surface area (Å²) in [5.74, 6) is -0.143. The van der Waals surface area contributed by atoms with Gasteiger partial charge >= 0.3 is 0 Å². The third-order valence-electron chi connectivity index (χ3n) is 2.35. The van der Waals surface area contributed by atoms with Crippen LogP contribution in [0.5, 0.6) is 0 Å². The van der Waals surface area contributed by atoms with Crippen LogP contribution in [0, 0.1) is 0 Å². The Bertz CT molecular complexity index is 387. The summed E-state index contributed by atoms with van der Waals surface area (Å²) in [6.45, 7) is 1.79. The van der Waals surface area contributed by atoms with E-state index in [1.807, 2.05) is 0 Å². The Morgan fingerprint density at radius 3 is 2.73 bits per heavy atom. The molecule has 0 radical (unpaired) electrons. The highest BCUT2D eigenvalue weighted by molar-refractivity contribution is 7.80. The monoisotopic (exact) mass is 226 g/mol. The highest BCUT2D eigenvalue weighted by Gasteiger charge is 2.21. The van der Waals surface area contributed by atoms with Crippen LogP contribution in [-0.2, 0) is 7.05 Å². The van der Waals surface area contributed by atoms with Crippen molar-refractivity contribution in [2.24, 2.45) is 12.8 Å². The van der Waals surface area contributed by atoms with Gasteiger partial charge in [-0.3, -0.25) is 4.79 Å². The van der Waals surface area contributed by atoms with Crippen LogP contribution >= 0.6 is 12.2 Å². The lowest BCUT2D eigenvalue weighted by Crippen LogP contribution is -2.43. The number of aromatic nitrogens is 2. The summed E-state index contributed by atoms with van der Waals surface area (Å²) in [4.78, 5) is 17.6. The lowest BCUT2D eigenvalue weighted by Gasteiger charge is -2.23. The van der Waals surface area contributed by atoms with Crippen molar-refractivity contribution in [1.82, 2.24) is 14.5 Å². The number of thiocarbonyl (C=S) groups is 1. The minimum Gasteiger partial charge on any atom is -0.392 e. The second-order valence-electron chi connectivity index (χ2n) is 3.38. The predicted molar refractivity (Wildman–Crippen MR) is 61.5 cm³/mol. The number of likely N-dealkylation sites (N-methyl/N-ethyl adjacent to an activating group) is 1. The molecule has 0 spiro atoms. The molecule has 1 atom stereocenters. The molecule has 0 aliphatic rings. The Hall–Kier alpha value is -1.43. The molecule has 1 aromatic heterocycles. The average Bonchev–Trinajstić information content (AvgIpc) is 2.60. The van der Waals surface area contributed by atoms with E-state index in [1.165, 1.54) is 11.1 Å². The van der Waals surface area contributed by atoms with Crippen LogP contribution in [-0.4, -0.2) is 38.4 Å². The first-order chi connectivity index (χ1) is 6.95. The van der Waals surface area contributed by atoms with Gasteiger partial charge in [0.15, 0.2) is 0 Å². The zero-order valence-electron chi connectivity index (χ0n) is 8.97. The maximum atomic E-state index is 11.9. The molecule has 1 amide bonds. The summed E-state index contributed by atoms with van der Waals surface area (Å²) < 4.78 is 1.66. The standard InChI is InChI=1S/C9H14N4OS/c1-6(8(10)15)13(3)9(14)7-4-11-5-12(7)2/h4-6H,1-3H3,(H2,10,15). The fourth-order valence-corrected chi connectivity index (χ4v) is 1.27. The molecule has 0 saturated carbocycles. The Morgan fingerprint density at radius 1 is 1.73 bits per heavy atom. The van der Waals surface area contributed by atoms with E-state index >= 15 is 0 Å². The number of nitrogens with two attached hydrogens (primary N) is 1. The van der Waals surface area contributed by atoms with Gasteiger partial charge in [0.1, 0.15) is 5.69 Å². The van der Waals surface area contributed by atoms with Crippen molar-refractivity contribution in [3.63, 3.8) is 0 Å². The quantitative estimate of drug-likeness (QED) is 0.746. The molecule has 0 fully saturated rings. The summed E-state index contributed by atoms with van der Waals surface area (Å²) in [6.07, 6.45) is 3.09. The zero-order valence-corrected chi connectivity index (χ0v) is 9.78. The first-order valence-corrected chi connectivity index (χ1v) is 4.88. The smallest absolute Gasteiger partial charge is 0.272 e. The predicted octanol–water partition coefficient (Wildman–Crippen LogP) is 0.167. The first kappa shape index (κ1) is 11.6. The lowest BCUT2D eigenvalue weighted by atomic mass is 10.2.